The van der Waals surface area contributed by atoms with Gasteiger partial charge in [-0.2, -0.15) is 0 Å². The second-order valence-corrected chi connectivity index (χ2v) is 4.85. The molecule has 0 saturated carbocycles. The fourth-order valence-electron chi connectivity index (χ4n) is 1.54. The van der Waals surface area contributed by atoms with Crippen molar-refractivity contribution in [3.05, 3.63) is 46.4 Å². The van der Waals surface area contributed by atoms with Crippen LogP contribution in [-0.4, -0.2) is 10.9 Å². The van der Waals surface area contributed by atoms with Gasteiger partial charge in [-0.25, -0.2) is 0 Å². The summed E-state index contributed by atoms with van der Waals surface area (Å²) in [6, 6.07) is 7.72. The Morgan fingerprint density at radius 3 is 3.06 bits per heavy atom. The first-order valence-electron chi connectivity index (χ1n) is 5.49. The quantitative estimate of drug-likeness (QED) is 0.901. The molecule has 2 rings (SSSR count). The van der Waals surface area contributed by atoms with Crippen molar-refractivity contribution in [2.24, 2.45) is 0 Å². The van der Waals surface area contributed by atoms with Gasteiger partial charge in [-0.05, 0) is 36.9 Å². The van der Waals surface area contributed by atoms with Crippen molar-refractivity contribution in [3.63, 3.8) is 0 Å². The molecule has 2 aromatic rings. The van der Waals surface area contributed by atoms with Gasteiger partial charge in [0.1, 0.15) is 0 Å². The number of anilines is 1. The van der Waals surface area contributed by atoms with E-state index in [1.54, 1.807) is 23.6 Å². The molecule has 0 aliphatic carbocycles. The van der Waals surface area contributed by atoms with E-state index in [9.17, 15) is 4.79 Å². The van der Waals surface area contributed by atoms with Crippen LogP contribution in [0.3, 0.4) is 0 Å². The fraction of sp³-hybridized carbons (Fsp3) is 0.231. The van der Waals surface area contributed by atoms with E-state index in [-0.39, 0.29) is 5.91 Å². The van der Waals surface area contributed by atoms with Crippen LogP contribution in [0.1, 0.15) is 17.0 Å². The summed E-state index contributed by atoms with van der Waals surface area (Å²) in [5.41, 5.74) is 1.72. The first-order chi connectivity index (χ1) is 8.24. The van der Waals surface area contributed by atoms with Crippen molar-refractivity contribution < 1.29 is 4.79 Å². The molecule has 0 aromatic carbocycles. The molecular formula is C13H14N2OS. The van der Waals surface area contributed by atoms with E-state index in [1.165, 1.54) is 4.88 Å². The van der Waals surface area contributed by atoms with Gasteiger partial charge in [-0.1, -0.05) is 6.07 Å². The van der Waals surface area contributed by atoms with E-state index >= 15 is 0 Å². The maximum atomic E-state index is 11.7. The number of pyridine rings is 1. The molecule has 0 fully saturated rings. The van der Waals surface area contributed by atoms with E-state index in [0.717, 1.165) is 17.8 Å². The number of hydrogen-bond acceptors (Lipinski definition) is 3. The highest BCUT2D eigenvalue weighted by molar-refractivity contribution is 7.09. The van der Waals surface area contributed by atoms with E-state index < -0.39 is 0 Å². The van der Waals surface area contributed by atoms with Gasteiger partial charge in [-0.3, -0.25) is 9.78 Å². The number of nitrogens with zero attached hydrogens (tertiary/aromatic N) is 1. The third kappa shape index (κ3) is 3.67. The zero-order valence-corrected chi connectivity index (χ0v) is 10.5. The van der Waals surface area contributed by atoms with Gasteiger partial charge in [0.15, 0.2) is 0 Å². The Hall–Kier alpha value is -1.68. The number of amides is 1. The lowest BCUT2D eigenvalue weighted by molar-refractivity contribution is -0.116. The average Bonchev–Trinajstić information content (AvgIpc) is 2.79. The number of hydrogen-bond donors (Lipinski definition) is 1. The highest BCUT2D eigenvalue weighted by atomic mass is 32.1. The van der Waals surface area contributed by atoms with Crippen LogP contribution in [0.25, 0.3) is 0 Å². The van der Waals surface area contributed by atoms with E-state index in [4.69, 9.17) is 0 Å². The van der Waals surface area contributed by atoms with Crippen molar-refractivity contribution in [1.29, 1.82) is 0 Å². The molecule has 0 aliphatic heterocycles. The maximum absolute atomic E-state index is 11.7. The molecule has 0 atom stereocenters. The number of rotatable bonds is 4. The van der Waals surface area contributed by atoms with Crippen LogP contribution >= 0.6 is 11.3 Å². The van der Waals surface area contributed by atoms with Crippen LogP contribution in [0.2, 0.25) is 0 Å². The van der Waals surface area contributed by atoms with Crippen LogP contribution in [0.5, 0.6) is 0 Å². The molecule has 17 heavy (non-hydrogen) atoms. The number of carbonyl (C=O) groups is 1. The Morgan fingerprint density at radius 2 is 2.35 bits per heavy atom. The first kappa shape index (κ1) is 11.8. The maximum Gasteiger partial charge on any atom is 0.224 e. The lowest BCUT2D eigenvalue weighted by Gasteiger charge is -2.04. The monoisotopic (exact) mass is 246 g/mol. The first-order valence-corrected chi connectivity index (χ1v) is 6.37. The second kappa shape index (κ2) is 5.59. The SMILES string of the molecule is Cc1cc(NC(=O)CCc2cccs2)ccn1. The van der Waals surface area contributed by atoms with Crippen LogP contribution in [-0.2, 0) is 11.2 Å². The van der Waals surface area contributed by atoms with Crippen molar-refractivity contribution in [3.8, 4) is 0 Å². The van der Waals surface area contributed by atoms with Crippen LogP contribution in [0.4, 0.5) is 5.69 Å². The average molecular weight is 246 g/mol. The minimum Gasteiger partial charge on any atom is -0.326 e. The largest absolute Gasteiger partial charge is 0.326 e. The van der Waals surface area contributed by atoms with Gasteiger partial charge >= 0.3 is 0 Å². The molecule has 2 aromatic heterocycles. The minimum absolute atomic E-state index is 0.0454. The number of thiophene rings is 1. The summed E-state index contributed by atoms with van der Waals surface area (Å²) in [4.78, 5) is 17.0. The topological polar surface area (TPSA) is 42.0 Å². The molecule has 0 unspecified atom stereocenters. The number of carbonyl (C=O) groups excluding carboxylic acids is 1. The Kier molecular flexibility index (Phi) is 3.88. The number of nitrogens with one attached hydrogen (secondary N) is 1. The molecule has 0 saturated heterocycles. The third-order valence-corrected chi connectivity index (χ3v) is 3.30. The van der Waals surface area contributed by atoms with E-state index in [1.807, 2.05) is 24.4 Å². The molecule has 4 heteroatoms. The summed E-state index contributed by atoms with van der Waals surface area (Å²) in [5.74, 6) is 0.0454. The molecule has 0 aliphatic rings. The minimum atomic E-state index is 0.0454. The molecule has 1 amide bonds. The summed E-state index contributed by atoms with van der Waals surface area (Å²) in [6.45, 7) is 1.90. The molecule has 1 N–H and O–H groups in total. The zero-order valence-electron chi connectivity index (χ0n) is 9.64. The second-order valence-electron chi connectivity index (χ2n) is 3.81. The lowest BCUT2D eigenvalue weighted by Crippen LogP contribution is -2.12. The molecule has 0 bridgehead atoms. The molecule has 88 valence electrons. The van der Waals surface area contributed by atoms with Crippen LogP contribution in [0.15, 0.2) is 35.8 Å². The van der Waals surface area contributed by atoms with Crippen molar-refractivity contribution >= 4 is 22.9 Å². The van der Waals surface area contributed by atoms with Crippen molar-refractivity contribution in [2.45, 2.75) is 19.8 Å². The smallest absolute Gasteiger partial charge is 0.224 e. The number of aromatic nitrogens is 1. The molecular weight excluding hydrogens is 232 g/mol. The highest BCUT2D eigenvalue weighted by Gasteiger charge is 2.03. The molecule has 2 heterocycles. The Balaban J connectivity index is 1.85. The zero-order chi connectivity index (χ0) is 12.1. The van der Waals surface area contributed by atoms with Gasteiger partial charge in [0.2, 0.25) is 5.91 Å². The van der Waals surface area contributed by atoms with Gasteiger partial charge in [0.05, 0.1) is 0 Å². The van der Waals surface area contributed by atoms with Gasteiger partial charge in [-0.15, -0.1) is 11.3 Å². The Morgan fingerprint density at radius 1 is 1.47 bits per heavy atom. The van der Waals surface area contributed by atoms with Gasteiger partial charge in [0.25, 0.3) is 0 Å². The number of aryl methyl sites for hydroxylation is 2. The van der Waals surface area contributed by atoms with Crippen LogP contribution < -0.4 is 5.32 Å². The summed E-state index contributed by atoms with van der Waals surface area (Å²) in [7, 11) is 0. The third-order valence-electron chi connectivity index (χ3n) is 2.36. The van der Waals surface area contributed by atoms with Crippen molar-refractivity contribution in [1.82, 2.24) is 4.98 Å². The van der Waals surface area contributed by atoms with Crippen LogP contribution in [0, 0.1) is 6.92 Å². The normalized spacial score (nSPS) is 10.2. The van der Waals surface area contributed by atoms with E-state index in [0.29, 0.717) is 6.42 Å². The molecule has 0 radical (unpaired) electrons. The predicted molar refractivity (Wildman–Crippen MR) is 70.2 cm³/mol. The Labute approximate surface area is 105 Å². The van der Waals surface area contributed by atoms with Gasteiger partial charge in [0, 0.05) is 28.9 Å². The lowest BCUT2D eigenvalue weighted by atomic mass is 10.2. The van der Waals surface area contributed by atoms with Crippen molar-refractivity contribution in [2.75, 3.05) is 5.32 Å². The van der Waals surface area contributed by atoms with Gasteiger partial charge < -0.3 is 5.32 Å². The highest BCUT2D eigenvalue weighted by Crippen LogP contribution is 2.12. The summed E-state index contributed by atoms with van der Waals surface area (Å²) >= 11 is 1.68. The standard InChI is InChI=1S/C13H14N2OS/c1-10-9-11(6-7-14-10)15-13(16)5-4-12-3-2-8-17-12/h2-3,6-9H,4-5H2,1H3,(H,14,15,16). The Bertz CT molecular complexity index is 494. The fourth-order valence-corrected chi connectivity index (χ4v) is 2.25. The predicted octanol–water partition coefficient (Wildman–Crippen LogP) is 3.02. The molecule has 3 nitrogen and oxygen atoms in total. The molecule has 0 spiro atoms. The summed E-state index contributed by atoms with van der Waals surface area (Å²) in [6.07, 6.45) is 3.01. The summed E-state index contributed by atoms with van der Waals surface area (Å²) in [5, 5.41) is 4.90. The summed E-state index contributed by atoms with van der Waals surface area (Å²) < 4.78 is 0. The van der Waals surface area contributed by atoms with E-state index in [2.05, 4.69) is 16.4 Å².